The van der Waals surface area contributed by atoms with Crippen molar-refractivity contribution in [3.8, 4) is 5.75 Å². The van der Waals surface area contributed by atoms with Crippen molar-refractivity contribution in [1.82, 2.24) is 10.6 Å². The van der Waals surface area contributed by atoms with E-state index in [0.717, 1.165) is 17.7 Å². The van der Waals surface area contributed by atoms with Crippen LogP contribution in [0.2, 0.25) is 0 Å². The summed E-state index contributed by atoms with van der Waals surface area (Å²) in [6.45, 7) is 1.34. The van der Waals surface area contributed by atoms with E-state index in [9.17, 15) is 9.18 Å². The molecule has 0 bridgehead atoms. The summed E-state index contributed by atoms with van der Waals surface area (Å²) in [7, 11) is 0. The van der Waals surface area contributed by atoms with E-state index >= 15 is 0 Å². The predicted octanol–water partition coefficient (Wildman–Crippen LogP) is 1.91. The van der Waals surface area contributed by atoms with E-state index in [-0.39, 0.29) is 24.2 Å². The number of fused-ring (bicyclic) bond motifs is 1. The molecule has 142 valence electrons. The van der Waals surface area contributed by atoms with Gasteiger partial charge in [0.15, 0.2) is 5.96 Å². The van der Waals surface area contributed by atoms with Crippen LogP contribution in [0.1, 0.15) is 23.6 Å². The second kappa shape index (κ2) is 9.02. The number of aliphatic imine (C=N–C) groups is 1. The summed E-state index contributed by atoms with van der Waals surface area (Å²) in [5.41, 5.74) is 7.66. The van der Waals surface area contributed by atoms with Gasteiger partial charge in [0.25, 0.3) is 0 Å². The van der Waals surface area contributed by atoms with E-state index < -0.39 is 0 Å². The van der Waals surface area contributed by atoms with Gasteiger partial charge in [0.05, 0.1) is 25.6 Å². The number of guanidine groups is 1. The maximum Gasteiger partial charge on any atom is 0.224 e. The molecule has 0 radical (unpaired) electrons. The molecule has 0 spiro atoms. The first-order valence-corrected chi connectivity index (χ1v) is 8.91. The van der Waals surface area contributed by atoms with Crippen LogP contribution in [0.3, 0.4) is 0 Å². The number of benzene rings is 2. The topological polar surface area (TPSA) is 88.7 Å². The second-order valence-corrected chi connectivity index (χ2v) is 6.30. The minimum absolute atomic E-state index is 0.0567. The van der Waals surface area contributed by atoms with Crippen molar-refractivity contribution in [2.45, 2.75) is 18.9 Å². The maximum absolute atomic E-state index is 13.1. The molecule has 0 saturated carbocycles. The Kier molecular flexibility index (Phi) is 6.25. The third kappa shape index (κ3) is 5.44. The average molecular weight is 370 g/mol. The van der Waals surface area contributed by atoms with E-state index in [2.05, 4.69) is 15.6 Å². The number of hydrogen-bond donors (Lipinski definition) is 3. The van der Waals surface area contributed by atoms with Gasteiger partial charge < -0.3 is 21.1 Å². The van der Waals surface area contributed by atoms with E-state index in [1.807, 2.05) is 24.3 Å². The normalized spacial score (nSPS) is 16.2. The molecule has 0 fully saturated rings. The van der Waals surface area contributed by atoms with E-state index in [4.69, 9.17) is 10.5 Å². The Hall–Kier alpha value is -3.09. The van der Waals surface area contributed by atoms with Gasteiger partial charge >= 0.3 is 0 Å². The van der Waals surface area contributed by atoms with E-state index in [0.29, 0.717) is 31.2 Å². The Bertz CT molecular complexity index is 825. The lowest BCUT2D eigenvalue weighted by molar-refractivity contribution is -0.120. The van der Waals surface area contributed by atoms with Gasteiger partial charge in [0.1, 0.15) is 11.6 Å². The lowest BCUT2D eigenvalue weighted by atomic mass is 10.0. The Labute approximate surface area is 157 Å². The van der Waals surface area contributed by atoms with Crippen LogP contribution in [0.5, 0.6) is 5.75 Å². The lowest BCUT2D eigenvalue weighted by Gasteiger charge is -2.26. The molecule has 1 amide bonds. The van der Waals surface area contributed by atoms with Crippen molar-refractivity contribution in [3.05, 3.63) is 65.5 Å². The van der Waals surface area contributed by atoms with Crippen molar-refractivity contribution in [1.29, 1.82) is 0 Å². The number of amides is 1. The number of halogens is 1. The van der Waals surface area contributed by atoms with Gasteiger partial charge in [-0.3, -0.25) is 9.79 Å². The largest absolute Gasteiger partial charge is 0.493 e. The Balaban J connectivity index is 1.43. The Morgan fingerprint density at radius 3 is 2.96 bits per heavy atom. The van der Waals surface area contributed by atoms with Crippen molar-refractivity contribution < 1.29 is 13.9 Å². The van der Waals surface area contributed by atoms with Crippen molar-refractivity contribution in [2.75, 3.05) is 19.7 Å². The number of ether oxygens (including phenoxy) is 1. The van der Waals surface area contributed by atoms with Crippen molar-refractivity contribution in [3.63, 3.8) is 0 Å². The lowest BCUT2D eigenvalue weighted by Crippen LogP contribution is -2.38. The predicted molar refractivity (Wildman–Crippen MR) is 102 cm³/mol. The molecular formula is C20H23FN4O2. The summed E-state index contributed by atoms with van der Waals surface area (Å²) < 4.78 is 18.7. The smallest absolute Gasteiger partial charge is 0.224 e. The summed E-state index contributed by atoms with van der Waals surface area (Å²) in [6, 6.07) is 13.9. The number of nitrogens with one attached hydrogen (secondary N) is 2. The summed E-state index contributed by atoms with van der Waals surface area (Å²) >= 11 is 0. The van der Waals surface area contributed by atoms with E-state index in [1.165, 1.54) is 12.1 Å². The van der Waals surface area contributed by atoms with Crippen LogP contribution < -0.4 is 21.1 Å². The summed E-state index contributed by atoms with van der Waals surface area (Å²) in [6.07, 6.45) is 0.936. The second-order valence-electron chi connectivity index (χ2n) is 6.30. The van der Waals surface area contributed by atoms with Gasteiger partial charge in [-0.25, -0.2) is 4.39 Å². The number of para-hydroxylation sites is 1. The van der Waals surface area contributed by atoms with Crippen molar-refractivity contribution >= 4 is 11.9 Å². The number of hydrogen-bond acceptors (Lipinski definition) is 3. The zero-order valence-corrected chi connectivity index (χ0v) is 15.0. The van der Waals surface area contributed by atoms with Gasteiger partial charge in [-0.2, -0.15) is 0 Å². The zero-order valence-electron chi connectivity index (χ0n) is 15.0. The summed E-state index contributed by atoms with van der Waals surface area (Å²) in [5, 5.41) is 5.96. The van der Waals surface area contributed by atoms with Crippen LogP contribution in [0.4, 0.5) is 4.39 Å². The van der Waals surface area contributed by atoms with Crippen LogP contribution in [-0.4, -0.2) is 31.6 Å². The fraction of sp³-hybridized carbons (Fsp3) is 0.300. The average Bonchev–Trinajstić information content (AvgIpc) is 2.66. The molecule has 1 heterocycles. The number of nitrogens with two attached hydrogens (primary N) is 1. The van der Waals surface area contributed by atoms with Gasteiger partial charge in [-0.05, 0) is 23.8 Å². The third-order valence-electron chi connectivity index (χ3n) is 4.25. The van der Waals surface area contributed by atoms with Gasteiger partial charge in [-0.1, -0.05) is 30.3 Å². The fourth-order valence-electron chi connectivity index (χ4n) is 2.98. The molecule has 2 aromatic carbocycles. The molecule has 0 aromatic heterocycles. The highest BCUT2D eigenvalue weighted by Crippen LogP contribution is 2.31. The number of nitrogens with zero attached hydrogens (tertiary/aromatic N) is 1. The van der Waals surface area contributed by atoms with Crippen LogP contribution in [0.15, 0.2) is 53.5 Å². The minimum Gasteiger partial charge on any atom is -0.493 e. The number of carbonyl (C=O) groups is 1. The highest BCUT2D eigenvalue weighted by Gasteiger charge is 2.21. The summed E-state index contributed by atoms with van der Waals surface area (Å²) in [4.78, 5) is 16.1. The Morgan fingerprint density at radius 2 is 2.11 bits per heavy atom. The standard InChI is InChI=1S/C20H23FN4O2/c21-15-5-3-4-14(12-15)13-19(26)23-9-10-24-20(22)25-17-8-11-27-18-7-2-1-6-16(17)18/h1-7,12,17H,8-11,13H2,(H,23,26)(H3,22,24,25). The molecule has 0 saturated heterocycles. The first kappa shape index (κ1) is 18.7. The number of rotatable bonds is 6. The number of carbonyl (C=O) groups excluding carboxylic acids is 1. The summed E-state index contributed by atoms with van der Waals surface area (Å²) in [5.74, 6) is 0.661. The quantitative estimate of drug-likeness (QED) is 0.412. The van der Waals surface area contributed by atoms with Crippen molar-refractivity contribution in [2.24, 2.45) is 10.7 Å². The maximum atomic E-state index is 13.1. The zero-order chi connectivity index (χ0) is 19.1. The van der Waals surface area contributed by atoms with Crippen LogP contribution in [-0.2, 0) is 11.2 Å². The first-order chi connectivity index (χ1) is 13.1. The SMILES string of the molecule is NC(=NCCNC(=O)Cc1cccc(F)c1)NC1CCOc2ccccc21. The molecule has 1 unspecified atom stereocenters. The molecule has 0 aliphatic carbocycles. The van der Waals surface area contributed by atoms with Gasteiger partial charge in [0.2, 0.25) is 5.91 Å². The molecule has 1 aliphatic heterocycles. The molecule has 27 heavy (non-hydrogen) atoms. The fourth-order valence-corrected chi connectivity index (χ4v) is 2.98. The van der Waals surface area contributed by atoms with E-state index in [1.54, 1.807) is 12.1 Å². The van der Waals surface area contributed by atoms with Gasteiger partial charge in [0, 0.05) is 18.5 Å². The molecule has 4 N–H and O–H groups in total. The monoisotopic (exact) mass is 370 g/mol. The van der Waals surface area contributed by atoms with Gasteiger partial charge in [-0.15, -0.1) is 0 Å². The molecule has 7 heteroatoms. The van der Waals surface area contributed by atoms with Crippen LogP contribution >= 0.6 is 0 Å². The molecule has 3 rings (SSSR count). The molecule has 1 aliphatic rings. The molecule has 2 aromatic rings. The van der Waals surface area contributed by atoms with Crippen LogP contribution in [0, 0.1) is 5.82 Å². The highest BCUT2D eigenvalue weighted by molar-refractivity contribution is 5.79. The van der Waals surface area contributed by atoms with Crippen LogP contribution in [0.25, 0.3) is 0 Å². The third-order valence-corrected chi connectivity index (χ3v) is 4.25. The highest BCUT2D eigenvalue weighted by atomic mass is 19.1. The molecule has 6 nitrogen and oxygen atoms in total. The molecule has 1 atom stereocenters. The first-order valence-electron chi connectivity index (χ1n) is 8.91. The molecular weight excluding hydrogens is 347 g/mol. The Morgan fingerprint density at radius 1 is 1.26 bits per heavy atom. The minimum atomic E-state index is -0.349.